The fourth-order valence-corrected chi connectivity index (χ4v) is 9.61. The summed E-state index contributed by atoms with van der Waals surface area (Å²) < 4.78 is 12.8. The molecule has 1 aliphatic heterocycles. The SMILES string of the molecule is CC(C)(C)[Si](OC[C@@H]1O[C@H]([C@H](O)CO)CS1)(c1ccccc1)c1ccccc1. The van der Waals surface area contributed by atoms with Crippen LogP contribution in [0.1, 0.15) is 20.8 Å². The molecule has 1 saturated heterocycles. The van der Waals surface area contributed by atoms with Crippen LogP contribution in [0.15, 0.2) is 60.7 Å². The maximum absolute atomic E-state index is 9.87. The minimum atomic E-state index is -2.58. The third-order valence-corrected chi connectivity index (χ3v) is 11.4. The van der Waals surface area contributed by atoms with Gasteiger partial charge in [-0.05, 0) is 15.4 Å². The Morgan fingerprint density at radius 2 is 1.61 bits per heavy atom. The molecule has 2 aromatic rings. The van der Waals surface area contributed by atoms with Gasteiger partial charge in [0, 0.05) is 5.75 Å². The largest absolute Gasteiger partial charge is 0.404 e. The van der Waals surface area contributed by atoms with Gasteiger partial charge in [-0.3, -0.25) is 0 Å². The molecule has 0 unspecified atom stereocenters. The van der Waals surface area contributed by atoms with Crippen molar-refractivity contribution in [2.45, 2.75) is 43.5 Å². The molecule has 2 aromatic carbocycles. The summed E-state index contributed by atoms with van der Waals surface area (Å²) in [5.41, 5.74) is -0.146. The summed E-state index contributed by atoms with van der Waals surface area (Å²) in [7, 11) is -2.58. The molecule has 1 heterocycles. The Morgan fingerprint density at radius 3 is 2.07 bits per heavy atom. The summed E-state index contributed by atoms with van der Waals surface area (Å²) in [4.78, 5) is 0. The zero-order chi connectivity index (χ0) is 20.2. The highest BCUT2D eigenvalue weighted by molar-refractivity contribution is 8.00. The van der Waals surface area contributed by atoms with E-state index in [9.17, 15) is 10.2 Å². The molecule has 2 N–H and O–H groups in total. The number of hydrogen-bond donors (Lipinski definition) is 2. The van der Waals surface area contributed by atoms with Crippen molar-refractivity contribution in [2.24, 2.45) is 0 Å². The highest BCUT2D eigenvalue weighted by atomic mass is 32.2. The number of aliphatic hydroxyl groups excluding tert-OH is 2. The van der Waals surface area contributed by atoms with Crippen LogP contribution < -0.4 is 10.4 Å². The zero-order valence-corrected chi connectivity index (χ0v) is 18.6. The van der Waals surface area contributed by atoms with Gasteiger partial charge in [0.25, 0.3) is 8.32 Å². The molecule has 6 heteroatoms. The summed E-state index contributed by atoms with van der Waals surface area (Å²) in [6.07, 6.45) is -1.19. The van der Waals surface area contributed by atoms with E-state index in [4.69, 9.17) is 9.16 Å². The number of benzene rings is 2. The minimum Gasteiger partial charge on any atom is -0.404 e. The van der Waals surface area contributed by atoms with E-state index in [1.807, 2.05) is 12.1 Å². The van der Waals surface area contributed by atoms with E-state index in [0.717, 1.165) is 0 Å². The first-order valence-corrected chi connectivity index (χ1v) is 12.6. The van der Waals surface area contributed by atoms with Gasteiger partial charge in [-0.1, -0.05) is 81.4 Å². The standard InChI is InChI=1S/C22H30O4SSi/c1-22(2,3)28(17-10-6-4-7-11-17,18-12-8-5-9-13-18)25-15-21-26-20(16-27-21)19(24)14-23/h4-13,19-21,23-24H,14-16H2,1-3H3/t19-,20+,21-/m1/s1. The molecule has 0 bridgehead atoms. The fraction of sp³-hybridized carbons (Fsp3) is 0.455. The molecule has 0 aliphatic carbocycles. The lowest BCUT2D eigenvalue weighted by Crippen LogP contribution is -2.67. The average Bonchev–Trinajstić information content (AvgIpc) is 3.17. The van der Waals surface area contributed by atoms with E-state index in [2.05, 4.69) is 69.3 Å². The van der Waals surface area contributed by atoms with Crippen molar-refractivity contribution in [1.82, 2.24) is 0 Å². The zero-order valence-electron chi connectivity index (χ0n) is 16.7. The van der Waals surface area contributed by atoms with E-state index in [0.29, 0.717) is 12.4 Å². The molecule has 0 saturated carbocycles. The van der Waals surface area contributed by atoms with Crippen LogP contribution in [0, 0.1) is 0 Å². The maximum Gasteiger partial charge on any atom is 0.261 e. The van der Waals surface area contributed by atoms with Crippen molar-refractivity contribution in [3.63, 3.8) is 0 Å². The predicted molar refractivity (Wildman–Crippen MR) is 118 cm³/mol. The van der Waals surface area contributed by atoms with Gasteiger partial charge >= 0.3 is 0 Å². The summed E-state index contributed by atoms with van der Waals surface area (Å²) >= 11 is 1.64. The molecule has 1 fully saturated rings. The third-order valence-electron chi connectivity index (χ3n) is 5.24. The number of aliphatic hydroxyl groups is 2. The first-order valence-electron chi connectivity index (χ1n) is 9.69. The van der Waals surface area contributed by atoms with Gasteiger partial charge in [-0.25, -0.2) is 0 Å². The normalized spacial score (nSPS) is 21.6. The second kappa shape index (κ2) is 9.11. The molecule has 0 radical (unpaired) electrons. The number of rotatable bonds is 7. The van der Waals surface area contributed by atoms with E-state index in [1.54, 1.807) is 11.8 Å². The van der Waals surface area contributed by atoms with Gasteiger partial charge in [0.15, 0.2) is 0 Å². The molecule has 1 aliphatic rings. The lowest BCUT2D eigenvalue weighted by atomic mass is 10.2. The van der Waals surface area contributed by atoms with Crippen LogP contribution in [-0.2, 0) is 9.16 Å². The molecule has 0 aromatic heterocycles. The van der Waals surface area contributed by atoms with Gasteiger partial charge in [-0.15, -0.1) is 11.8 Å². The van der Waals surface area contributed by atoms with E-state index >= 15 is 0 Å². The smallest absolute Gasteiger partial charge is 0.261 e. The first-order chi connectivity index (χ1) is 13.4. The Labute approximate surface area is 173 Å². The van der Waals surface area contributed by atoms with Crippen molar-refractivity contribution in [3.05, 3.63) is 60.7 Å². The van der Waals surface area contributed by atoms with E-state index in [1.165, 1.54) is 10.4 Å². The van der Waals surface area contributed by atoms with Crippen molar-refractivity contribution in [2.75, 3.05) is 19.0 Å². The van der Waals surface area contributed by atoms with Crippen LogP contribution in [-0.4, -0.2) is 55.1 Å². The van der Waals surface area contributed by atoms with Crippen LogP contribution in [0.5, 0.6) is 0 Å². The molecule has 152 valence electrons. The average molecular weight is 419 g/mol. The molecule has 3 atom stereocenters. The van der Waals surface area contributed by atoms with Gasteiger partial charge < -0.3 is 19.4 Å². The molecule has 0 spiro atoms. The molecular weight excluding hydrogens is 388 g/mol. The Hall–Kier alpha value is -1.15. The van der Waals surface area contributed by atoms with Crippen LogP contribution in [0.3, 0.4) is 0 Å². The van der Waals surface area contributed by atoms with Gasteiger partial charge in [0.05, 0.1) is 19.3 Å². The quantitative estimate of drug-likeness (QED) is 0.676. The van der Waals surface area contributed by atoms with Crippen LogP contribution >= 0.6 is 11.8 Å². The van der Waals surface area contributed by atoms with Gasteiger partial charge in [0.2, 0.25) is 0 Å². The van der Waals surface area contributed by atoms with Crippen molar-refractivity contribution < 1.29 is 19.4 Å². The highest BCUT2D eigenvalue weighted by Gasteiger charge is 2.50. The van der Waals surface area contributed by atoms with Gasteiger partial charge in [0.1, 0.15) is 11.5 Å². The topological polar surface area (TPSA) is 58.9 Å². The van der Waals surface area contributed by atoms with Crippen molar-refractivity contribution in [1.29, 1.82) is 0 Å². The molecule has 3 rings (SSSR count). The number of hydrogen-bond acceptors (Lipinski definition) is 5. The number of thioether (sulfide) groups is 1. The summed E-state index contributed by atoms with van der Waals surface area (Å²) in [6, 6.07) is 21.0. The molecule has 4 nitrogen and oxygen atoms in total. The van der Waals surface area contributed by atoms with Crippen LogP contribution in [0.2, 0.25) is 5.04 Å². The Bertz CT molecular complexity index is 696. The van der Waals surface area contributed by atoms with E-state index in [-0.39, 0.29) is 23.2 Å². The second-order valence-corrected chi connectivity index (χ2v) is 13.7. The third kappa shape index (κ3) is 4.37. The van der Waals surface area contributed by atoms with Crippen LogP contribution in [0.25, 0.3) is 0 Å². The van der Waals surface area contributed by atoms with Crippen molar-refractivity contribution in [3.8, 4) is 0 Å². The maximum atomic E-state index is 9.87. The Balaban J connectivity index is 1.91. The summed E-state index contributed by atoms with van der Waals surface area (Å²) in [5, 5.41) is 21.4. The highest BCUT2D eigenvalue weighted by Crippen LogP contribution is 2.38. The molecular formula is C22H30O4SSi. The minimum absolute atomic E-state index is 0.0804. The lowest BCUT2D eigenvalue weighted by molar-refractivity contribution is -0.0532. The van der Waals surface area contributed by atoms with Crippen LogP contribution in [0.4, 0.5) is 0 Å². The second-order valence-electron chi connectivity index (χ2n) is 8.16. The monoisotopic (exact) mass is 418 g/mol. The summed E-state index contributed by atoms with van der Waals surface area (Å²) in [6.45, 7) is 6.92. The molecule has 28 heavy (non-hydrogen) atoms. The van der Waals surface area contributed by atoms with Crippen molar-refractivity contribution >= 4 is 30.5 Å². The Kier molecular flexibility index (Phi) is 7.01. The van der Waals surface area contributed by atoms with Gasteiger partial charge in [-0.2, -0.15) is 0 Å². The Morgan fingerprint density at radius 1 is 1.07 bits per heavy atom. The summed E-state index contributed by atoms with van der Waals surface area (Å²) in [5.74, 6) is 0.663. The predicted octanol–water partition coefficient (Wildman–Crippen LogP) is 2.37. The molecule has 0 amide bonds. The number of ether oxygens (including phenoxy) is 1. The lowest BCUT2D eigenvalue weighted by Gasteiger charge is -2.43. The first kappa shape index (κ1) is 21.6. The van der Waals surface area contributed by atoms with E-state index < -0.39 is 14.4 Å². The fourth-order valence-electron chi connectivity index (χ4n) is 3.84.